The van der Waals surface area contributed by atoms with Gasteiger partial charge in [0.25, 0.3) is 0 Å². The summed E-state index contributed by atoms with van der Waals surface area (Å²) >= 11 is 0. The van der Waals surface area contributed by atoms with Crippen molar-refractivity contribution < 1.29 is 5.11 Å². The van der Waals surface area contributed by atoms with Gasteiger partial charge in [0.1, 0.15) is 5.75 Å². The van der Waals surface area contributed by atoms with Crippen LogP contribution in [0.15, 0.2) is 91.0 Å². The van der Waals surface area contributed by atoms with Crippen molar-refractivity contribution in [1.29, 1.82) is 0 Å². The second kappa shape index (κ2) is 6.82. The van der Waals surface area contributed by atoms with E-state index >= 15 is 0 Å². The smallest absolute Gasteiger partial charge is 0.120 e. The molecule has 0 fully saturated rings. The standard InChI is InChI=1S/C24H20O/c25-24-17-20(15-18-9-3-1-4-10-18)21-13-7-8-14-22(21)23(24)16-19-11-5-2-6-12-19/h1-14,17,25H,15-16H2. The van der Waals surface area contributed by atoms with Gasteiger partial charge in [-0.1, -0.05) is 84.9 Å². The Hall–Kier alpha value is -3.06. The molecular formula is C24H20O. The largest absolute Gasteiger partial charge is 0.508 e. The molecule has 0 atom stereocenters. The quantitative estimate of drug-likeness (QED) is 0.508. The predicted molar refractivity (Wildman–Crippen MR) is 104 cm³/mol. The van der Waals surface area contributed by atoms with Crippen molar-refractivity contribution in [3.8, 4) is 5.75 Å². The van der Waals surface area contributed by atoms with Crippen LogP contribution in [-0.2, 0) is 12.8 Å². The number of hydrogen-bond acceptors (Lipinski definition) is 1. The van der Waals surface area contributed by atoms with E-state index in [1.807, 2.05) is 36.4 Å². The summed E-state index contributed by atoms with van der Waals surface area (Å²) in [6, 6.07) is 31.0. The molecule has 1 heteroatoms. The Kier molecular flexibility index (Phi) is 4.22. The van der Waals surface area contributed by atoms with Crippen molar-refractivity contribution in [1.82, 2.24) is 0 Å². The van der Waals surface area contributed by atoms with Gasteiger partial charge in [-0.15, -0.1) is 0 Å². The first-order valence-corrected chi connectivity index (χ1v) is 8.61. The number of phenols is 1. The molecule has 0 bridgehead atoms. The zero-order valence-corrected chi connectivity index (χ0v) is 14.0. The Morgan fingerprint density at radius 3 is 1.72 bits per heavy atom. The number of phenolic OH excluding ortho intramolecular Hbond substituents is 1. The predicted octanol–water partition coefficient (Wildman–Crippen LogP) is 5.73. The molecule has 0 amide bonds. The fraction of sp³-hybridized carbons (Fsp3) is 0.0833. The lowest BCUT2D eigenvalue weighted by atomic mass is 9.92. The van der Waals surface area contributed by atoms with E-state index in [-0.39, 0.29) is 0 Å². The molecule has 0 aliphatic carbocycles. The van der Waals surface area contributed by atoms with Crippen molar-refractivity contribution in [3.63, 3.8) is 0 Å². The zero-order chi connectivity index (χ0) is 17.1. The first kappa shape index (κ1) is 15.5. The van der Waals surface area contributed by atoms with Crippen LogP contribution in [0.25, 0.3) is 10.8 Å². The van der Waals surface area contributed by atoms with E-state index in [0.29, 0.717) is 5.75 Å². The lowest BCUT2D eigenvalue weighted by Gasteiger charge is -2.14. The minimum Gasteiger partial charge on any atom is -0.508 e. The van der Waals surface area contributed by atoms with Gasteiger partial charge in [0.2, 0.25) is 0 Å². The number of hydrogen-bond donors (Lipinski definition) is 1. The number of benzene rings is 4. The highest BCUT2D eigenvalue weighted by molar-refractivity contribution is 5.91. The average Bonchev–Trinajstić information content (AvgIpc) is 2.66. The third kappa shape index (κ3) is 3.27. The molecule has 122 valence electrons. The van der Waals surface area contributed by atoms with Crippen LogP contribution >= 0.6 is 0 Å². The highest BCUT2D eigenvalue weighted by atomic mass is 16.3. The van der Waals surface area contributed by atoms with Gasteiger partial charge < -0.3 is 5.11 Å². The third-order valence-corrected chi connectivity index (χ3v) is 4.68. The molecule has 4 rings (SSSR count). The van der Waals surface area contributed by atoms with Gasteiger partial charge in [0.15, 0.2) is 0 Å². The first-order valence-electron chi connectivity index (χ1n) is 8.61. The second-order valence-electron chi connectivity index (χ2n) is 6.40. The highest BCUT2D eigenvalue weighted by Gasteiger charge is 2.12. The minimum atomic E-state index is 0.383. The molecule has 0 aromatic heterocycles. The van der Waals surface area contributed by atoms with E-state index in [2.05, 4.69) is 54.6 Å². The minimum absolute atomic E-state index is 0.383. The molecule has 25 heavy (non-hydrogen) atoms. The van der Waals surface area contributed by atoms with Gasteiger partial charge in [-0.05, 0) is 39.9 Å². The molecule has 0 spiro atoms. The number of rotatable bonds is 4. The van der Waals surface area contributed by atoms with E-state index in [9.17, 15) is 5.11 Å². The van der Waals surface area contributed by atoms with Crippen molar-refractivity contribution in [2.45, 2.75) is 12.8 Å². The SMILES string of the molecule is Oc1cc(Cc2ccccc2)c2ccccc2c1Cc1ccccc1. The van der Waals surface area contributed by atoms with Gasteiger partial charge in [-0.25, -0.2) is 0 Å². The van der Waals surface area contributed by atoms with Crippen LogP contribution in [-0.4, -0.2) is 5.11 Å². The van der Waals surface area contributed by atoms with Gasteiger partial charge in [0, 0.05) is 12.0 Å². The molecule has 0 saturated heterocycles. The molecular weight excluding hydrogens is 304 g/mol. The van der Waals surface area contributed by atoms with E-state index in [0.717, 1.165) is 29.4 Å². The van der Waals surface area contributed by atoms with Crippen LogP contribution in [0.3, 0.4) is 0 Å². The summed E-state index contributed by atoms with van der Waals surface area (Å²) in [6.07, 6.45) is 1.55. The molecule has 4 aromatic carbocycles. The summed E-state index contributed by atoms with van der Waals surface area (Å²) in [7, 11) is 0. The van der Waals surface area contributed by atoms with E-state index in [1.165, 1.54) is 16.5 Å². The Morgan fingerprint density at radius 2 is 1.08 bits per heavy atom. The molecule has 1 N–H and O–H groups in total. The highest BCUT2D eigenvalue weighted by Crippen LogP contribution is 2.33. The van der Waals surface area contributed by atoms with Gasteiger partial charge in [-0.3, -0.25) is 0 Å². The molecule has 0 aliphatic heterocycles. The van der Waals surface area contributed by atoms with Crippen LogP contribution < -0.4 is 0 Å². The van der Waals surface area contributed by atoms with Gasteiger partial charge in [0.05, 0.1) is 0 Å². The second-order valence-corrected chi connectivity index (χ2v) is 6.40. The van der Waals surface area contributed by atoms with Crippen molar-refractivity contribution in [3.05, 3.63) is 113 Å². The van der Waals surface area contributed by atoms with Crippen molar-refractivity contribution >= 4 is 10.8 Å². The van der Waals surface area contributed by atoms with E-state index < -0.39 is 0 Å². The Morgan fingerprint density at radius 1 is 0.560 bits per heavy atom. The van der Waals surface area contributed by atoms with Crippen molar-refractivity contribution in [2.24, 2.45) is 0 Å². The van der Waals surface area contributed by atoms with Gasteiger partial charge in [-0.2, -0.15) is 0 Å². The molecule has 0 aliphatic rings. The van der Waals surface area contributed by atoms with E-state index in [1.54, 1.807) is 0 Å². The summed E-state index contributed by atoms with van der Waals surface area (Å²) in [5.41, 5.74) is 4.62. The Balaban J connectivity index is 1.81. The lowest BCUT2D eigenvalue weighted by Crippen LogP contribution is -1.96. The fourth-order valence-corrected chi connectivity index (χ4v) is 3.44. The molecule has 4 aromatic rings. The average molecular weight is 324 g/mol. The summed E-state index contributed by atoms with van der Waals surface area (Å²) in [6.45, 7) is 0. The van der Waals surface area contributed by atoms with Crippen LogP contribution in [0.4, 0.5) is 0 Å². The normalized spacial score (nSPS) is 10.9. The van der Waals surface area contributed by atoms with Crippen LogP contribution in [0.5, 0.6) is 5.75 Å². The molecule has 1 nitrogen and oxygen atoms in total. The third-order valence-electron chi connectivity index (χ3n) is 4.68. The lowest BCUT2D eigenvalue weighted by molar-refractivity contribution is 0.470. The number of aromatic hydroxyl groups is 1. The monoisotopic (exact) mass is 324 g/mol. The fourth-order valence-electron chi connectivity index (χ4n) is 3.44. The zero-order valence-electron chi connectivity index (χ0n) is 14.0. The molecule has 0 saturated carbocycles. The van der Waals surface area contributed by atoms with Crippen LogP contribution in [0, 0.1) is 0 Å². The molecule has 0 unspecified atom stereocenters. The maximum absolute atomic E-state index is 10.7. The summed E-state index contributed by atoms with van der Waals surface area (Å²) < 4.78 is 0. The summed E-state index contributed by atoms with van der Waals surface area (Å²) in [5.74, 6) is 0.383. The Labute approximate surface area is 148 Å². The molecule has 0 heterocycles. The maximum atomic E-state index is 10.7. The maximum Gasteiger partial charge on any atom is 0.120 e. The molecule has 0 radical (unpaired) electrons. The first-order chi connectivity index (χ1) is 12.3. The van der Waals surface area contributed by atoms with Crippen molar-refractivity contribution in [2.75, 3.05) is 0 Å². The summed E-state index contributed by atoms with van der Waals surface area (Å²) in [5, 5.41) is 13.1. The van der Waals surface area contributed by atoms with E-state index in [4.69, 9.17) is 0 Å². The number of fused-ring (bicyclic) bond motifs is 1. The van der Waals surface area contributed by atoms with Crippen LogP contribution in [0.1, 0.15) is 22.3 Å². The topological polar surface area (TPSA) is 20.2 Å². The Bertz CT molecular complexity index is 988. The van der Waals surface area contributed by atoms with Gasteiger partial charge >= 0.3 is 0 Å². The van der Waals surface area contributed by atoms with Crippen LogP contribution in [0.2, 0.25) is 0 Å². The summed E-state index contributed by atoms with van der Waals surface area (Å²) in [4.78, 5) is 0.